The molecule has 11 nitrogen and oxygen atoms in total. The molecule has 3 aromatic heterocycles. The minimum Gasteiger partial charge on any atom is -0.384 e. The number of fused-ring (bicyclic) bond motifs is 3. The summed E-state index contributed by atoms with van der Waals surface area (Å²) in [5.41, 5.74) is 4.26. The summed E-state index contributed by atoms with van der Waals surface area (Å²) in [4.78, 5) is 60.3. The molecule has 37 heavy (non-hydrogen) atoms. The molecule has 192 valence electrons. The van der Waals surface area contributed by atoms with Gasteiger partial charge in [0.05, 0.1) is 29.9 Å². The van der Waals surface area contributed by atoms with Gasteiger partial charge in [-0.15, -0.1) is 0 Å². The lowest BCUT2D eigenvalue weighted by atomic mass is 9.99. The van der Waals surface area contributed by atoms with Crippen LogP contribution in [0.4, 0.5) is 10.5 Å². The fourth-order valence-electron chi connectivity index (χ4n) is 4.99. The largest absolute Gasteiger partial charge is 0.384 e. The van der Waals surface area contributed by atoms with E-state index in [-0.39, 0.29) is 30.2 Å². The minimum absolute atomic E-state index is 0.00918. The van der Waals surface area contributed by atoms with E-state index in [1.807, 2.05) is 12.1 Å². The Morgan fingerprint density at radius 2 is 1.81 bits per heavy atom. The van der Waals surface area contributed by atoms with E-state index in [4.69, 9.17) is 4.98 Å². The first-order chi connectivity index (χ1) is 17.7. The van der Waals surface area contributed by atoms with Gasteiger partial charge in [0.25, 0.3) is 5.91 Å². The first-order valence-corrected chi connectivity index (χ1v) is 12.3. The maximum atomic E-state index is 13.5. The van der Waals surface area contributed by atoms with Crippen molar-refractivity contribution in [2.24, 2.45) is 0 Å². The van der Waals surface area contributed by atoms with Crippen LogP contribution in [0.3, 0.4) is 0 Å². The van der Waals surface area contributed by atoms with Gasteiger partial charge in [-0.1, -0.05) is 0 Å². The summed E-state index contributed by atoms with van der Waals surface area (Å²) in [6.45, 7) is 4.31. The van der Waals surface area contributed by atoms with Gasteiger partial charge in [-0.05, 0) is 38.8 Å². The zero-order valence-corrected chi connectivity index (χ0v) is 21.1. The molecule has 0 aromatic carbocycles. The van der Waals surface area contributed by atoms with Crippen LogP contribution in [0, 0.1) is 0 Å². The zero-order valence-electron chi connectivity index (χ0n) is 21.1. The highest BCUT2D eigenvalue weighted by Crippen LogP contribution is 2.37. The van der Waals surface area contributed by atoms with Gasteiger partial charge in [-0.3, -0.25) is 19.5 Å². The minimum atomic E-state index is -1.04. The normalized spacial score (nSPS) is 17.2. The Labute approximate surface area is 214 Å². The molecule has 11 heteroatoms. The van der Waals surface area contributed by atoms with Crippen LogP contribution in [0.1, 0.15) is 38.1 Å². The quantitative estimate of drug-likeness (QED) is 0.559. The van der Waals surface area contributed by atoms with Crippen molar-refractivity contribution in [1.82, 2.24) is 29.7 Å². The summed E-state index contributed by atoms with van der Waals surface area (Å²) in [7, 11) is 1.76. The molecule has 0 bridgehead atoms. The van der Waals surface area contributed by atoms with E-state index in [1.165, 1.54) is 13.8 Å². The van der Waals surface area contributed by atoms with E-state index in [0.717, 1.165) is 11.3 Å². The average Bonchev–Trinajstić information content (AvgIpc) is 2.89. The van der Waals surface area contributed by atoms with Gasteiger partial charge >= 0.3 is 6.03 Å². The fraction of sp³-hybridized carbons (Fsp3) is 0.423. The Kier molecular flexibility index (Phi) is 6.55. The number of Topliss-reactive ketones (excluding diaryl/α,β-unsaturated/α-hetero) is 1. The van der Waals surface area contributed by atoms with Gasteiger partial charge in [0.2, 0.25) is 0 Å². The summed E-state index contributed by atoms with van der Waals surface area (Å²) in [5, 5.41) is 9.69. The van der Waals surface area contributed by atoms with Crippen molar-refractivity contribution in [1.29, 1.82) is 0 Å². The molecular formula is C26H29N7O4. The van der Waals surface area contributed by atoms with Gasteiger partial charge in [0.1, 0.15) is 23.2 Å². The first-order valence-electron chi connectivity index (χ1n) is 12.3. The Hall–Kier alpha value is -3.99. The maximum absolute atomic E-state index is 13.5. The van der Waals surface area contributed by atoms with Crippen molar-refractivity contribution in [3.8, 4) is 11.3 Å². The molecule has 3 aromatic rings. The van der Waals surface area contributed by atoms with Gasteiger partial charge in [-0.2, -0.15) is 0 Å². The Balaban J connectivity index is 1.52. The average molecular weight is 504 g/mol. The molecule has 2 aliphatic heterocycles. The lowest BCUT2D eigenvalue weighted by Gasteiger charge is -2.43. The van der Waals surface area contributed by atoms with Crippen molar-refractivity contribution >= 4 is 34.4 Å². The lowest BCUT2D eigenvalue weighted by molar-refractivity contribution is -0.140. The molecule has 0 saturated carbocycles. The Morgan fingerprint density at radius 1 is 1.11 bits per heavy atom. The van der Waals surface area contributed by atoms with Gasteiger partial charge in [0.15, 0.2) is 0 Å². The van der Waals surface area contributed by atoms with Crippen molar-refractivity contribution in [2.75, 3.05) is 25.0 Å². The highest BCUT2D eigenvalue weighted by molar-refractivity contribution is 6.04. The molecule has 0 radical (unpaired) electrons. The number of pyridine rings is 2. The monoisotopic (exact) mass is 503 g/mol. The van der Waals surface area contributed by atoms with Crippen LogP contribution in [0.5, 0.6) is 0 Å². The van der Waals surface area contributed by atoms with Gasteiger partial charge < -0.3 is 14.9 Å². The summed E-state index contributed by atoms with van der Waals surface area (Å²) < 4.78 is 0. The van der Waals surface area contributed by atoms with E-state index in [2.05, 4.69) is 15.0 Å². The molecule has 0 spiro atoms. The van der Waals surface area contributed by atoms with Crippen LogP contribution in [-0.2, 0) is 22.6 Å². The summed E-state index contributed by atoms with van der Waals surface area (Å²) in [6.07, 6.45) is 5.40. The number of aromatic nitrogens is 4. The van der Waals surface area contributed by atoms with Crippen LogP contribution in [0.15, 0.2) is 30.7 Å². The number of piperidine rings is 1. The smallest absolute Gasteiger partial charge is 0.324 e. The van der Waals surface area contributed by atoms with Crippen LogP contribution in [0.25, 0.3) is 22.3 Å². The van der Waals surface area contributed by atoms with Gasteiger partial charge in [-0.25, -0.2) is 19.7 Å². The SMILES string of the molecule is CC(=O)Cc1ncc(-c2ccc3ncc4c(c3n2)N(C2CCN(C(=O)[C@@H](C)O)CC2)C(=O)N(C)C4)cn1. The third-order valence-corrected chi connectivity index (χ3v) is 6.85. The van der Waals surface area contributed by atoms with E-state index in [9.17, 15) is 19.5 Å². The Bertz CT molecular complexity index is 1370. The molecule has 5 rings (SSSR count). The summed E-state index contributed by atoms with van der Waals surface area (Å²) in [5.74, 6) is 0.153. The zero-order chi connectivity index (χ0) is 26.3. The molecule has 3 amide bonds. The highest BCUT2D eigenvalue weighted by Gasteiger charge is 2.38. The van der Waals surface area contributed by atoms with E-state index < -0.39 is 6.10 Å². The molecule has 2 aliphatic rings. The van der Waals surface area contributed by atoms with Crippen molar-refractivity contribution in [3.63, 3.8) is 0 Å². The number of aliphatic hydroxyl groups is 1. The van der Waals surface area contributed by atoms with E-state index >= 15 is 0 Å². The maximum Gasteiger partial charge on any atom is 0.324 e. The second-order valence-electron chi connectivity index (χ2n) is 9.70. The van der Waals surface area contributed by atoms with Crippen LogP contribution in [-0.4, -0.2) is 84.8 Å². The molecule has 1 fully saturated rings. The number of likely N-dealkylation sites (tertiary alicyclic amines) is 1. The lowest BCUT2D eigenvalue weighted by Crippen LogP contribution is -2.55. The third-order valence-electron chi connectivity index (χ3n) is 6.85. The standard InChI is InChI=1S/C26H29N7O4/c1-15(34)10-22-28-11-17(12-29-22)20-4-5-21-23(30-20)24-18(13-27-21)14-31(3)26(37)33(24)19-6-8-32(9-7-19)25(36)16(2)35/h4-5,11-13,16,19,35H,6-10,14H2,1-3H3/t16-/m1/s1. The van der Waals surface area contributed by atoms with Crippen LogP contribution in [0.2, 0.25) is 0 Å². The number of carbonyl (C=O) groups is 3. The Morgan fingerprint density at radius 3 is 2.46 bits per heavy atom. The highest BCUT2D eigenvalue weighted by atomic mass is 16.3. The number of hydrogen-bond acceptors (Lipinski definition) is 8. The topological polar surface area (TPSA) is 133 Å². The molecule has 1 saturated heterocycles. The predicted octanol–water partition coefficient (Wildman–Crippen LogP) is 1.96. The number of aliphatic hydroxyl groups excluding tert-OH is 1. The number of urea groups is 1. The number of amides is 3. The van der Waals surface area contributed by atoms with Crippen LogP contribution >= 0.6 is 0 Å². The van der Waals surface area contributed by atoms with Crippen molar-refractivity contribution in [2.45, 2.75) is 51.8 Å². The molecule has 1 N–H and O–H groups in total. The number of hydrogen-bond donors (Lipinski definition) is 1. The van der Waals surface area contributed by atoms with Crippen molar-refractivity contribution in [3.05, 3.63) is 42.1 Å². The fourth-order valence-corrected chi connectivity index (χ4v) is 4.99. The van der Waals surface area contributed by atoms with E-state index in [0.29, 0.717) is 60.6 Å². The summed E-state index contributed by atoms with van der Waals surface area (Å²) >= 11 is 0. The molecule has 0 aliphatic carbocycles. The molecular weight excluding hydrogens is 474 g/mol. The number of ketones is 1. The molecule has 5 heterocycles. The second kappa shape index (κ2) is 9.81. The molecule has 0 unspecified atom stereocenters. The number of nitrogens with zero attached hydrogens (tertiary/aromatic N) is 7. The van der Waals surface area contributed by atoms with Crippen LogP contribution < -0.4 is 4.90 Å². The van der Waals surface area contributed by atoms with Gasteiger partial charge in [0, 0.05) is 55.9 Å². The second-order valence-corrected chi connectivity index (χ2v) is 9.70. The van der Waals surface area contributed by atoms with E-state index in [1.54, 1.807) is 40.3 Å². The third kappa shape index (κ3) is 4.74. The molecule has 1 atom stereocenters. The first kappa shape index (κ1) is 24.7. The summed E-state index contributed by atoms with van der Waals surface area (Å²) in [6, 6.07) is 3.46. The number of anilines is 1. The predicted molar refractivity (Wildman–Crippen MR) is 136 cm³/mol. The number of carbonyl (C=O) groups excluding carboxylic acids is 3. The van der Waals surface area contributed by atoms with Crippen molar-refractivity contribution < 1.29 is 19.5 Å². The number of rotatable bonds is 5.